The average molecular weight is 453 g/mol. The molecule has 8 heteroatoms. The van der Waals surface area contributed by atoms with E-state index in [4.69, 9.17) is 4.98 Å². The van der Waals surface area contributed by atoms with Crippen molar-refractivity contribution in [2.24, 2.45) is 5.92 Å². The summed E-state index contributed by atoms with van der Waals surface area (Å²) in [5, 5.41) is 1.51. The van der Waals surface area contributed by atoms with Gasteiger partial charge in [-0.2, -0.15) is 0 Å². The van der Waals surface area contributed by atoms with Gasteiger partial charge >= 0.3 is 0 Å². The third-order valence-corrected chi connectivity index (χ3v) is 8.06. The highest BCUT2D eigenvalue weighted by Crippen LogP contribution is 2.36. The van der Waals surface area contributed by atoms with Crippen LogP contribution in [0.25, 0.3) is 15.9 Å². The molecule has 1 aliphatic carbocycles. The number of thioether (sulfide) groups is 1. The smallest absolute Gasteiger partial charge is 0.263 e. The van der Waals surface area contributed by atoms with Gasteiger partial charge in [-0.25, -0.2) is 9.97 Å². The Balaban J connectivity index is 1.52. The van der Waals surface area contributed by atoms with Gasteiger partial charge in [0.1, 0.15) is 10.5 Å². The van der Waals surface area contributed by atoms with Crippen molar-refractivity contribution < 1.29 is 0 Å². The highest BCUT2D eigenvalue weighted by Gasteiger charge is 2.24. The average Bonchev–Trinajstić information content (AvgIpc) is 3.10. The van der Waals surface area contributed by atoms with Gasteiger partial charge in [-0.05, 0) is 56.2 Å². The van der Waals surface area contributed by atoms with Gasteiger partial charge in [0.2, 0.25) is 0 Å². The molecular weight excluding hydrogens is 428 g/mol. The molecule has 0 aromatic carbocycles. The van der Waals surface area contributed by atoms with Crippen molar-refractivity contribution in [3.8, 4) is 0 Å². The molecule has 0 fully saturated rings. The number of fused-ring (bicyclic) bond motifs is 4. The molecule has 1 unspecified atom stereocenters. The molecule has 0 radical (unpaired) electrons. The monoisotopic (exact) mass is 452 g/mol. The topological polar surface area (TPSA) is 69.3 Å². The predicted octanol–water partition coefficient (Wildman–Crippen LogP) is 4.21. The van der Waals surface area contributed by atoms with E-state index >= 15 is 0 Å². The summed E-state index contributed by atoms with van der Waals surface area (Å²) in [4.78, 5) is 37.5. The number of rotatable bonds is 4. The van der Waals surface area contributed by atoms with Gasteiger partial charge in [-0.1, -0.05) is 24.8 Å². The molecule has 0 aliphatic heterocycles. The van der Waals surface area contributed by atoms with E-state index in [-0.39, 0.29) is 11.1 Å². The SMILES string of the molecule is CCn1c(SCc2cc(=O)n3cc(C)ccc3n2)nc2sc3c(c2c1=O)CCC(C)C3. The maximum atomic E-state index is 13.3. The Morgan fingerprint density at radius 3 is 2.90 bits per heavy atom. The van der Waals surface area contributed by atoms with Crippen molar-refractivity contribution in [2.45, 2.75) is 57.5 Å². The van der Waals surface area contributed by atoms with Crippen molar-refractivity contribution >= 4 is 39.0 Å². The fourth-order valence-corrected chi connectivity index (χ4v) is 6.64. The Morgan fingerprint density at radius 1 is 1.26 bits per heavy atom. The Hall–Kier alpha value is -2.45. The van der Waals surface area contributed by atoms with Crippen molar-refractivity contribution in [1.82, 2.24) is 18.9 Å². The van der Waals surface area contributed by atoms with Crippen molar-refractivity contribution in [3.63, 3.8) is 0 Å². The Morgan fingerprint density at radius 2 is 2.10 bits per heavy atom. The fraction of sp³-hybridized carbons (Fsp3) is 0.391. The first kappa shape index (κ1) is 20.5. The van der Waals surface area contributed by atoms with Crippen molar-refractivity contribution in [2.75, 3.05) is 0 Å². The summed E-state index contributed by atoms with van der Waals surface area (Å²) in [6.07, 6.45) is 4.93. The maximum absolute atomic E-state index is 13.3. The van der Waals surface area contributed by atoms with Crippen molar-refractivity contribution in [1.29, 1.82) is 0 Å². The summed E-state index contributed by atoms with van der Waals surface area (Å²) < 4.78 is 3.32. The van der Waals surface area contributed by atoms with E-state index in [0.717, 1.165) is 35.0 Å². The summed E-state index contributed by atoms with van der Waals surface area (Å²) in [6, 6.07) is 5.37. The van der Waals surface area contributed by atoms with Gasteiger partial charge in [0.05, 0.1) is 11.1 Å². The van der Waals surface area contributed by atoms with Crippen LogP contribution in [0, 0.1) is 12.8 Å². The molecule has 4 aromatic rings. The van der Waals surface area contributed by atoms with Crippen LogP contribution in [0.15, 0.2) is 39.1 Å². The number of hydrogen-bond donors (Lipinski definition) is 0. The van der Waals surface area contributed by atoms with E-state index in [2.05, 4.69) is 11.9 Å². The Bertz CT molecular complexity index is 1430. The van der Waals surface area contributed by atoms with Gasteiger partial charge in [0, 0.05) is 29.4 Å². The molecule has 0 saturated heterocycles. The molecular formula is C23H24N4O2S2. The van der Waals surface area contributed by atoms with Gasteiger partial charge in [0.15, 0.2) is 5.16 Å². The van der Waals surface area contributed by atoms with Crippen LogP contribution in [0.2, 0.25) is 0 Å². The first-order chi connectivity index (χ1) is 14.9. The standard InChI is InChI=1S/C23H24N4O2S2/c1-4-26-22(29)20-16-7-5-13(2)9-17(16)31-21(20)25-23(26)30-12-15-10-19(28)27-11-14(3)6-8-18(27)24-15/h6,8,10-11,13H,4-5,7,9,12H2,1-3H3. The van der Waals surface area contributed by atoms with Crippen LogP contribution in [-0.2, 0) is 25.1 Å². The fourth-order valence-electron chi connectivity index (χ4n) is 4.26. The minimum Gasteiger partial charge on any atom is -0.287 e. The third kappa shape index (κ3) is 3.61. The molecule has 1 atom stereocenters. The number of hydrogen-bond acceptors (Lipinski definition) is 6. The van der Waals surface area contributed by atoms with Crippen LogP contribution in [0.1, 0.15) is 42.0 Å². The summed E-state index contributed by atoms with van der Waals surface area (Å²) >= 11 is 3.14. The lowest BCUT2D eigenvalue weighted by atomic mass is 9.89. The summed E-state index contributed by atoms with van der Waals surface area (Å²) in [5.41, 5.74) is 3.51. The zero-order valence-corrected chi connectivity index (χ0v) is 19.5. The highest BCUT2D eigenvalue weighted by molar-refractivity contribution is 7.98. The minimum atomic E-state index is -0.0966. The summed E-state index contributed by atoms with van der Waals surface area (Å²) in [6.45, 7) is 6.76. The molecule has 0 amide bonds. The van der Waals surface area contributed by atoms with E-state index in [1.807, 2.05) is 26.0 Å². The third-order valence-electron chi connectivity index (χ3n) is 5.91. The molecule has 160 valence electrons. The second-order valence-electron chi connectivity index (χ2n) is 8.28. The maximum Gasteiger partial charge on any atom is 0.263 e. The number of nitrogens with zero attached hydrogens (tertiary/aromatic N) is 4. The lowest BCUT2D eigenvalue weighted by molar-refractivity contribution is 0.509. The quantitative estimate of drug-likeness (QED) is 0.343. The highest BCUT2D eigenvalue weighted by atomic mass is 32.2. The van der Waals surface area contributed by atoms with Gasteiger partial charge in [-0.15, -0.1) is 11.3 Å². The van der Waals surface area contributed by atoms with Crippen LogP contribution in [0.4, 0.5) is 0 Å². The molecule has 5 rings (SSSR count). The van der Waals surface area contributed by atoms with E-state index < -0.39 is 0 Å². The summed E-state index contributed by atoms with van der Waals surface area (Å²) in [5.74, 6) is 1.14. The minimum absolute atomic E-state index is 0.0593. The van der Waals surface area contributed by atoms with E-state index in [1.165, 1.54) is 22.2 Å². The number of pyridine rings is 1. The Labute approximate surface area is 188 Å². The largest absolute Gasteiger partial charge is 0.287 e. The van der Waals surface area contributed by atoms with Crippen LogP contribution in [0.5, 0.6) is 0 Å². The van der Waals surface area contributed by atoms with E-state index in [0.29, 0.717) is 34.7 Å². The number of thiophene rings is 1. The lowest BCUT2D eigenvalue weighted by Gasteiger charge is -2.17. The second-order valence-corrected chi connectivity index (χ2v) is 10.3. The van der Waals surface area contributed by atoms with E-state index in [9.17, 15) is 9.59 Å². The van der Waals surface area contributed by atoms with Crippen LogP contribution < -0.4 is 11.1 Å². The van der Waals surface area contributed by atoms with Gasteiger partial charge in [0.25, 0.3) is 11.1 Å². The molecule has 31 heavy (non-hydrogen) atoms. The second kappa shape index (κ2) is 7.91. The number of aromatic nitrogens is 4. The van der Waals surface area contributed by atoms with Gasteiger partial charge in [-0.3, -0.25) is 18.6 Å². The molecule has 4 heterocycles. The summed E-state index contributed by atoms with van der Waals surface area (Å²) in [7, 11) is 0. The molecule has 0 bridgehead atoms. The number of aryl methyl sites for hydroxylation is 2. The van der Waals surface area contributed by atoms with Crippen molar-refractivity contribution in [3.05, 3.63) is 66.8 Å². The molecule has 1 aliphatic rings. The molecule has 0 saturated carbocycles. The predicted molar refractivity (Wildman–Crippen MR) is 127 cm³/mol. The first-order valence-corrected chi connectivity index (χ1v) is 12.4. The van der Waals surface area contributed by atoms with Gasteiger partial charge < -0.3 is 0 Å². The Kier molecular flexibility index (Phi) is 5.22. The molecule has 6 nitrogen and oxygen atoms in total. The van der Waals surface area contributed by atoms with E-state index in [1.54, 1.807) is 32.6 Å². The normalized spacial score (nSPS) is 16.2. The zero-order chi connectivity index (χ0) is 21.7. The lowest BCUT2D eigenvalue weighted by Crippen LogP contribution is -2.23. The molecule has 0 N–H and O–H groups in total. The van der Waals surface area contributed by atoms with Crippen LogP contribution in [0.3, 0.4) is 0 Å². The van der Waals surface area contributed by atoms with Crippen LogP contribution >= 0.6 is 23.1 Å². The zero-order valence-electron chi connectivity index (χ0n) is 17.8. The first-order valence-electron chi connectivity index (χ1n) is 10.6. The van der Waals surface area contributed by atoms with Crippen LogP contribution in [-0.4, -0.2) is 18.9 Å². The molecule has 0 spiro atoms. The molecule has 4 aromatic heterocycles.